The molecular weight excluding hydrogens is 246 g/mol. The van der Waals surface area contributed by atoms with Crippen LogP contribution in [0, 0.1) is 17.8 Å². The molecule has 4 aliphatic rings. The van der Waals surface area contributed by atoms with Crippen molar-refractivity contribution in [3.05, 3.63) is 12.7 Å². The summed E-state index contributed by atoms with van der Waals surface area (Å²) in [4.78, 5) is 13.8. The van der Waals surface area contributed by atoms with Crippen molar-refractivity contribution in [2.24, 2.45) is 17.8 Å². The number of carbonyl (C=O) groups excluding carboxylic acids is 1. The van der Waals surface area contributed by atoms with Gasteiger partial charge in [-0.25, -0.2) is 0 Å². The van der Waals surface area contributed by atoms with E-state index in [9.17, 15) is 4.79 Å². The van der Waals surface area contributed by atoms with Crippen LogP contribution in [0.15, 0.2) is 12.7 Å². The smallest absolute Gasteiger partial charge is 0.121 e. The van der Waals surface area contributed by atoms with E-state index in [4.69, 9.17) is 0 Å². The summed E-state index contributed by atoms with van der Waals surface area (Å²) in [5, 5.41) is 0. The molecule has 0 radical (unpaired) electrons. The monoisotopic (exact) mass is 275 g/mol. The highest BCUT2D eigenvalue weighted by atomic mass is 16.1. The van der Waals surface area contributed by atoms with E-state index in [1.807, 2.05) is 6.08 Å². The highest BCUT2D eigenvalue weighted by molar-refractivity contribution is 5.50. The van der Waals surface area contributed by atoms with Gasteiger partial charge in [-0.05, 0) is 69.2 Å². The van der Waals surface area contributed by atoms with Crippen LogP contribution < -0.4 is 0 Å². The molecule has 4 fully saturated rings. The van der Waals surface area contributed by atoms with E-state index in [0.29, 0.717) is 18.0 Å². The molecule has 0 heterocycles. The van der Waals surface area contributed by atoms with Gasteiger partial charge in [0.25, 0.3) is 0 Å². The molecule has 0 N–H and O–H groups in total. The van der Waals surface area contributed by atoms with Crippen molar-refractivity contribution in [2.75, 3.05) is 6.54 Å². The molecule has 0 aromatic heterocycles. The highest BCUT2D eigenvalue weighted by Gasteiger charge is 2.54. The van der Waals surface area contributed by atoms with Gasteiger partial charge in [-0.1, -0.05) is 13.0 Å². The van der Waals surface area contributed by atoms with Crippen LogP contribution in [0.4, 0.5) is 0 Å². The van der Waals surface area contributed by atoms with Crippen LogP contribution in [0.5, 0.6) is 0 Å². The van der Waals surface area contributed by atoms with Gasteiger partial charge in [0, 0.05) is 18.0 Å². The summed E-state index contributed by atoms with van der Waals surface area (Å²) in [5.41, 5.74) is 0.417. The van der Waals surface area contributed by atoms with Crippen LogP contribution >= 0.6 is 0 Å². The zero-order valence-electron chi connectivity index (χ0n) is 12.9. The van der Waals surface area contributed by atoms with Gasteiger partial charge in [0.05, 0.1) is 0 Å². The predicted molar refractivity (Wildman–Crippen MR) is 82.6 cm³/mol. The Balaban J connectivity index is 1.83. The Kier molecular flexibility index (Phi) is 4.03. The first-order valence-corrected chi connectivity index (χ1v) is 8.52. The Morgan fingerprint density at radius 1 is 1.15 bits per heavy atom. The first-order valence-electron chi connectivity index (χ1n) is 8.52. The molecular formula is C18H29NO. The molecule has 1 unspecified atom stereocenters. The third kappa shape index (κ3) is 2.36. The molecule has 0 aromatic carbocycles. The predicted octanol–water partition coefficient (Wildman–Crippen LogP) is 3.81. The van der Waals surface area contributed by atoms with E-state index in [2.05, 4.69) is 18.4 Å². The zero-order valence-corrected chi connectivity index (χ0v) is 12.9. The van der Waals surface area contributed by atoms with E-state index in [1.165, 1.54) is 38.5 Å². The van der Waals surface area contributed by atoms with E-state index >= 15 is 0 Å². The Bertz CT molecular complexity index is 330. The molecule has 4 bridgehead atoms. The summed E-state index contributed by atoms with van der Waals surface area (Å²) < 4.78 is 0. The van der Waals surface area contributed by atoms with E-state index < -0.39 is 0 Å². The maximum absolute atomic E-state index is 11.1. The van der Waals surface area contributed by atoms with Crippen LogP contribution in [-0.4, -0.2) is 29.3 Å². The normalized spacial score (nSPS) is 40.0. The molecule has 2 heteroatoms. The molecule has 0 amide bonds. The highest BCUT2D eigenvalue weighted by Crippen LogP contribution is 2.58. The van der Waals surface area contributed by atoms with Gasteiger partial charge in [0.2, 0.25) is 0 Å². The van der Waals surface area contributed by atoms with Gasteiger partial charge in [0.15, 0.2) is 0 Å². The lowest BCUT2D eigenvalue weighted by Gasteiger charge is -2.62. The number of nitrogens with zero attached hydrogens (tertiary/aromatic N) is 1. The number of hydrogen-bond acceptors (Lipinski definition) is 2. The summed E-state index contributed by atoms with van der Waals surface area (Å²) in [6.07, 6.45) is 13.3. The van der Waals surface area contributed by atoms with Crippen molar-refractivity contribution in [1.29, 1.82) is 0 Å². The van der Waals surface area contributed by atoms with Gasteiger partial charge in [-0.15, -0.1) is 6.58 Å². The summed E-state index contributed by atoms with van der Waals surface area (Å²) in [6, 6.07) is 0.381. The lowest BCUT2D eigenvalue weighted by atomic mass is 9.52. The maximum Gasteiger partial charge on any atom is 0.121 e. The van der Waals surface area contributed by atoms with Crippen LogP contribution in [0.2, 0.25) is 0 Å². The average Bonchev–Trinajstić information content (AvgIpc) is 2.38. The summed E-state index contributed by atoms with van der Waals surface area (Å²) in [5.74, 6) is 2.91. The SMILES string of the molecule is C=CCC(CC=O)N(CC)C12CC3CC(CC(C3)C1)C2. The molecule has 2 nitrogen and oxygen atoms in total. The third-order valence-electron chi connectivity index (χ3n) is 6.20. The van der Waals surface area contributed by atoms with Crippen molar-refractivity contribution in [1.82, 2.24) is 4.90 Å². The topological polar surface area (TPSA) is 20.3 Å². The fourth-order valence-electron chi connectivity index (χ4n) is 6.05. The molecule has 112 valence electrons. The molecule has 4 aliphatic carbocycles. The Morgan fingerprint density at radius 2 is 1.70 bits per heavy atom. The Hall–Kier alpha value is -0.630. The van der Waals surface area contributed by atoms with Crippen molar-refractivity contribution in [2.45, 2.75) is 69.9 Å². The van der Waals surface area contributed by atoms with Crippen LogP contribution in [-0.2, 0) is 4.79 Å². The Morgan fingerprint density at radius 3 is 2.10 bits per heavy atom. The minimum atomic E-state index is 0.381. The van der Waals surface area contributed by atoms with Gasteiger partial charge < -0.3 is 4.79 Å². The maximum atomic E-state index is 11.1. The molecule has 0 spiro atoms. The van der Waals surface area contributed by atoms with E-state index in [-0.39, 0.29) is 0 Å². The minimum absolute atomic E-state index is 0.381. The number of aldehydes is 1. The summed E-state index contributed by atoms with van der Waals surface area (Å²) in [7, 11) is 0. The Labute approximate surface area is 123 Å². The second-order valence-corrected chi connectivity index (χ2v) is 7.51. The zero-order chi connectivity index (χ0) is 14.2. The lowest BCUT2D eigenvalue weighted by molar-refractivity contribution is -0.116. The summed E-state index contributed by atoms with van der Waals surface area (Å²) >= 11 is 0. The van der Waals surface area contributed by atoms with Crippen LogP contribution in [0.1, 0.15) is 58.3 Å². The first kappa shape index (κ1) is 14.3. The molecule has 1 atom stereocenters. The first-order chi connectivity index (χ1) is 9.70. The molecule has 0 aliphatic heterocycles. The lowest BCUT2D eigenvalue weighted by Crippen LogP contribution is -2.62. The standard InChI is InChI=1S/C18H29NO/c1-3-5-17(6-7-20)19(4-2)18-11-14-8-15(12-18)10-16(9-14)13-18/h3,7,14-17H,1,4-6,8-13H2,2H3. The van der Waals surface area contributed by atoms with Crippen molar-refractivity contribution in [3.8, 4) is 0 Å². The van der Waals surface area contributed by atoms with Gasteiger partial charge in [-0.3, -0.25) is 4.90 Å². The quantitative estimate of drug-likeness (QED) is 0.520. The minimum Gasteiger partial charge on any atom is -0.303 e. The van der Waals surface area contributed by atoms with Crippen molar-refractivity contribution >= 4 is 6.29 Å². The van der Waals surface area contributed by atoms with Gasteiger partial charge in [0.1, 0.15) is 6.29 Å². The third-order valence-corrected chi connectivity index (χ3v) is 6.20. The second kappa shape index (κ2) is 5.63. The molecule has 0 saturated heterocycles. The second-order valence-electron chi connectivity index (χ2n) is 7.51. The number of hydrogen-bond donors (Lipinski definition) is 0. The van der Waals surface area contributed by atoms with Gasteiger partial charge in [-0.2, -0.15) is 0 Å². The molecule has 4 saturated carbocycles. The van der Waals surface area contributed by atoms with E-state index in [1.54, 1.807) is 0 Å². The van der Waals surface area contributed by atoms with E-state index in [0.717, 1.165) is 37.0 Å². The fraction of sp³-hybridized carbons (Fsp3) is 0.833. The fourth-order valence-corrected chi connectivity index (χ4v) is 6.05. The van der Waals surface area contributed by atoms with Crippen LogP contribution in [0.3, 0.4) is 0 Å². The summed E-state index contributed by atoms with van der Waals surface area (Å²) in [6.45, 7) is 7.26. The molecule has 0 aromatic rings. The molecule has 20 heavy (non-hydrogen) atoms. The number of rotatable bonds is 7. The van der Waals surface area contributed by atoms with Gasteiger partial charge >= 0.3 is 0 Å². The van der Waals surface area contributed by atoms with Crippen molar-refractivity contribution < 1.29 is 4.79 Å². The van der Waals surface area contributed by atoms with Crippen LogP contribution in [0.25, 0.3) is 0 Å². The molecule has 4 rings (SSSR count). The number of carbonyl (C=O) groups is 1. The average molecular weight is 275 g/mol. The van der Waals surface area contributed by atoms with Crippen molar-refractivity contribution in [3.63, 3.8) is 0 Å². The largest absolute Gasteiger partial charge is 0.303 e.